The molecular formula is C18H19F2NO3S. The zero-order chi connectivity index (χ0) is 18.6. The third kappa shape index (κ3) is 4.42. The number of halogens is 2. The van der Waals surface area contributed by atoms with Gasteiger partial charge >= 0.3 is 5.76 Å². The number of hydrogen-bond donors (Lipinski definition) is 1. The molecule has 0 aromatic heterocycles. The van der Waals surface area contributed by atoms with Crippen molar-refractivity contribution < 1.29 is 22.0 Å². The fourth-order valence-electron chi connectivity index (χ4n) is 2.36. The Bertz CT molecular complexity index is 832. The molecule has 0 aliphatic heterocycles. The van der Waals surface area contributed by atoms with Crippen LogP contribution < -0.4 is 5.32 Å². The quantitative estimate of drug-likeness (QED) is 0.843. The van der Waals surface area contributed by atoms with Crippen LogP contribution >= 0.6 is 0 Å². The Morgan fingerprint density at radius 1 is 1.04 bits per heavy atom. The standard InChI is InChI=1S/C18H19F2NO3S/c1-3-16(13-6-4-12(2)5-7-13)21-17(22)14-8-10-15(11-9-14)25(23,24)18(19)20/h4-11,16,18H,3H2,1-2H3,(H,21,22)/t16-/m1/s1. The Morgan fingerprint density at radius 2 is 1.60 bits per heavy atom. The molecule has 134 valence electrons. The zero-order valence-corrected chi connectivity index (χ0v) is 14.7. The summed E-state index contributed by atoms with van der Waals surface area (Å²) in [4.78, 5) is 11.8. The Morgan fingerprint density at radius 3 is 2.08 bits per heavy atom. The lowest BCUT2D eigenvalue weighted by molar-refractivity contribution is 0.0935. The molecule has 7 heteroatoms. The first kappa shape index (κ1) is 19.1. The van der Waals surface area contributed by atoms with Gasteiger partial charge in [0.2, 0.25) is 9.84 Å². The molecule has 0 radical (unpaired) electrons. The third-order valence-electron chi connectivity index (χ3n) is 3.87. The lowest BCUT2D eigenvalue weighted by Gasteiger charge is -2.18. The lowest BCUT2D eigenvalue weighted by atomic mass is 10.0. The number of carbonyl (C=O) groups excluding carboxylic acids is 1. The number of carbonyl (C=O) groups is 1. The maximum Gasteiger partial charge on any atom is 0.341 e. The molecular weight excluding hydrogens is 348 g/mol. The number of aryl methyl sites for hydroxylation is 1. The van der Waals surface area contributed by atoms with Gasteiger partial charge < -0.3 is 5.32 Å². The number of alkyl halides is 2. The summed E-state index contributed by atoms with van der Waals surface area (Å²) in [5.74, 6) is -3.88. The lowest BCUT2D eigenvalue weighted by Crippen LogP contribution is -2.28. The van der Waals surface area contributed by atoms with Crippen LogP contribution in [0.3, 0.4) is 0 Å². The summed E-state index contributed by atoms with van der Waals surface area (Å²) in [6, 6.07) is 12.1. The SMILES string of the molecule is CC[C@@H](NC(=O)c1ccc(S(=O)(=O)C(F)F)cc1)c1ccc(C)cc1. The van der Waals surface area contributed by atoms with E-state index in [1.165, 1.54) is 12.1 Å². The summed E-state index contributed by atoms with van der Waals surface area (Å²) < 4.78 is 47.8. The number of nitrogens with one attached hydrogen (secondary N) is 1. The maximum absolute atomic E-state index is 12.5. The molecule has 2 aromatic rings. The van der Waals surface area contributed by atoms with E-state index in [9.17, 15) is 22.0 Å². The van der Waals surface area contributed by atoms with Crippen LogP contribution in [-0.2, 0) is 9.84 Å². The van der Waals surface area contributed by atoms with E-state index in [4.69, 9.17) is 0 Å². The number of hydrogen-bond acceptors (Lipinski definition) is 3. The second-order valence-corrected chi connectivity index (χ2v) is 7.59. The molecule has 1 atom stereocenters. The summed E-state index contributed by atoms with van der Waals surface area (Å²) in [5.41, 5.74) is 2.28. The molecule has 0 heterocycles. The molecule has 2 rings (SSSR count). The molecule has 0 fully saturated rings. The van der Waals surface area contributed by atoms with E-state index in [-0.39, 0.29) is 11.6 Å². The minimum Gasteiger partial charge on any atom is -0.345 e. The van der Waals surface area contributed by atoms with Gasteiger partial charge in [-0.15, -0.1) is 0 Å². The highest BCUT2D eigenvalue weighted by Gasteiger charge is 2.26. The van der Waals surface area contributed by atoms with Crippen molar-refractivity contribution in [1.82, 2.24) is 5.32 Å². The second kappa shape index (κ2) is 7.74. The van der Waals surface area contributed by atoms with E-state index in [1.54, 1.807) is 0 Å². The van der Waals surface area contributed by atoms with Gasteiger partial charge in [0, 0.05) is 5.56 Å². The van der Waals surface area contributed by atoms with Crippen LogP contribution in [0.4, 0.5) is 8.78 Å². The van der Waals surface area contributed by atoms with Gasteiger partial charge in [-0.2, -0.15) is 8.78 Å². The Hall–Kier alpha value is -2.28. The molecule has 0 spiro atoms. The van der Waals surface area contributed by atoms with Crippen LogP contribution in [-0.4, -0.2) is 20.1 Å². The van der Waals surface area contributed by atoms with Crippen molar-refractivity contribution in [2.24, 2.45) is 0 Å². The second-order valence-electron chi connectivity index (χ2n) is 5.68. The predicted molar refractivity (Wildman–Crippen MR) is 91.3 cm³/mol. The van der Waals surface area contributed by atoms with Gasteiger partial charge in [-0.3, -0.25) is 4.79 Å². The highest BCUT2D eigenvalue weighted by Crippen LogP contribution is 2.20. The van der Waals surface area contributed by atoms with Gasteiger partial charge in [-0.05, 0) is 43.2 Å². The van der Waals surface area contributed by atoms with E-state index < -0.39 is 26.4 Å². The normalized spacial score (nSPS) is 12.8. The first-order valence-electron chi connectivity index (χ1n) is 7.75. The first-order chi connectivity index (χ1) is 11.8. The van der Waals surface area contributed by atoms with Gasteiger partial charge in [-0.1, -0.05) is 36.8 Å². The summed E-state index contributed by atoms with van der Waals surface area (Å²) in [7, 11) is -4.66. The highest BCUT2D eigenvalue weighted by atomic mass is 32.2. The van der Waals surface area contributed by atoms with Gasteiger partial charge in [0.25, 0.3) is 5.91 Å². The summed E-state index contributed by atoms with van der Waals surface area (Å²) >= 11 is 0. The van der Waals surface area contributed by atoms with Crippen molar-refractivity contribution in [3.05, 3.63) is 65.2 Å². The van der Waals surface area contributed by atoms with Crippen LogP contribution in [0.2, 0.25) is 0 Å². The van der Waals surface area contributed by atoms with Crippen LogP contribution in [0.15, 0.2) is 53.4 Å². The molecule has 0 unspecified atom stereocenters. The largest absolute Gasteiger partial charge is 0.345 e. The number of amides is 1. The van der Waals surface area contributed by atoms with E-state index >= 15 is 0 Å². The zero-order valence-electron chi connectivity index (χ0n) is 13.9. The molecule has 2 aromatic carbocycles. The van der Waals surface area contributed by atoms with Gasteiger partial charge in [-0.25, -0.2) is 8.42 Å². The monoisotopic (exact) mass is 367 g/mol. The predicted octanol–water partition coefficient (Wildman–Crippen LogP) is 3.87. The fraction of sp³-hybridized carbons (Fsp3) is 0.278. The number of benzene rings is 2. The topological polar surface area (TPSA) is 63.2 Å². The van der Waals surface area contributed by atoms with E-state index in [0.717, 1.165) is 23.3 Å². The summed E-state index contributed by atoms with van der Waals surface area (Å²) in [5, 5.41) is 2.86. The molecule has 0 bridgehead atoms. The smallest absolute Gasteiger partial charge is 0.341 e. The molecule has 1 amide bonds. The first-order valence-corrected chi connectivity index (χ1v) is 9.30. The highest BCUT2D eigenvalue weighted by molar-refractivity contribution is 7.91. The number of sulfone groups is 1. The molecule has 0 aliphatic carbocycles. The molecule has 0 saturated carbocycles. The van der Waals surface area contributed by atoms with Gasteiger partial charge in [0.1, 0.15) is 0 Å². The van der Waals surface area contributed by atoms with Crippen LogP contribution in [0.5, 0.6) is 0 Å². The molecule has 0 saturated heterocycles. The minimum atomic E-state index is -4.66. The van der Waals surface area contributed by atoms with Crippen LogP contribution in [0.25, 0.3) is 0 Å². The van der Waals surface area contributed by atoms with Crippen molar-refractivity contribution >= 4 is 15.7 Å². The van der Waals surface area contributed by atoms with E-state index in [2.05, 4.69) is 5.32 Å². The van der Waals surface area contributed by atoms with Gasteiger partial charge in [0.05, 0.1) is 10.9 Å². The Balaban J connectivity index is 2.16. The molecule has 4 nitrogen and oxygen atoms in total. The average Bonchev–Trinajstić information content (AvgIpc) is 2.60. The summed E-state index contributed by atoms with van der Waals surface area (Å²) in [6.45, 7) is 3.90. The Labute approximate surface area is 145 Å². The Kier molecular flexibility index (Phi) is 5.89. The van der Waals surface area contributed by atoms with Crippen LogP contribution in [0, 0.1) is 6.92 Å². The van der Waals surface area contributed by atoms with E-state index in [0.29, 0.717) is 6.42 Å². The number of rotatable bonds is 6. The molecule has 1 N–H and O–H groups in total. The maximum atomic E-state index is 12.5. The van der Waals surface area contributed by atoms with Crippen molar-refractivity contribution in [2.75, 3.05) is 0 Å². The third-order valence-corrected chi connectivity index (χ3v) is 5.27. The van der Waals surface area contributed by atoms with E-state index in [1.807, 2.05) is 38.1 Å². The summed E-state index contributed by atoms with van der Waals surface area (Å²) in [6.07, 6.45) is 0.673. The van der Waals surface area contributed by atoms with Crippen molar-refractivity contribution in [3.8, 4) is 0 Å². The fourth-order valence-corrected chi connectivity index (χ4v) is 3.08. The average molecular weight is 367 g/mol. The molecule has 0 aliphatic rings. The van der Waals surface area contributed by atoms with Crippen molar-refractivity contribution in [1.29, 1.82) is 0 Å². The molecule has 25 heavy (non-hydrogen) atoms. The van der Waals surface area contributed by atoms with Crippen LogP contribution in [0.1, 0.15) is 40.9 Å². The van der Waals surface area contributed by atoms with Crippen molar-refractivity contribution in [3.63, 3.8) is 0 Å². The minimum absolute atomic E-state index is 0.197. The van der Waals surface area contributed by atoms with Crippen molar-refractivity contribution in [2.45, 2.75) is 37.0 Å². The van der Waals surface area contributed by atoms with Gasteiger partial charge in [0.15, 0.2) is 0 Å².